The first-order valence-electron chi connectivity index (χ1n) is 15.8. The number of hydrogen-bond donors (Lipinski definition) is 1. The summed E-state index contributed by atoms with van der Waals surface area (Å²) in [5, 5.41) is 0.626. The number of carbonyl (C=O) groups is 1. The first kappa shape index (κ1) is 31.3. The number of anilines is 1. The van der Waals surface area contributed by atoms with Crippen LogP contribution in [0.4, 0.5) is 5.69 Å². The van der Waals surface area contributed by atoms with E-state index in [1.165, 1.54) is 43.2 Å². The molecule has 0 bridgehead atoms. The number of fused-ring (bicyclic) bond motifs is 3. The minimum absolute atomic E-state index is 0.155. The molecule has 2 aromatic rings. The van der Waals surface area contributed by atoms with Gasteiger partial charge in [-0.2, -0.15) is 0 Å². The number of methoxy groups -OCH3 is 1. The summed E-state index contributed by atoms with van der Waals surface area (Å²) in [6.45, 7) is 9.08. The number of rotatable bonds is 11. The lowest BCUT2D eigenvalue weighted by molar-refractivity contribution is 0.0390. The molecular weight excluding hydrogens is 568 g/mol. The molecule has 1 N–H and O–H groups in total. The first-order chi connectivity index (χ1) is 20.2. The summed E-state index contributed by atoms with van der Waals surface area (Å²) >= 11 is 6.43. The second-order valence-corrected chi connectivity index (χ2v) is 15.1. The van der Waals surface area contributed by atoms with Crippen molar-refractivity contribution < 1.29 is 18.5 Å². The van der Waals surface area contributed by atoms with Gasteiger partial charge in [0.2, 0.25) is 0 Å². The number of carbonyl (C=O) groups excluding carboxylic acids is 1. The molecular formula is C34H47ClN2O4S. The molecule has 5 rings (SSSR count). The van der Waals surface area contributed by atoms with Crippen molar-refractivity contribution in [3.8, 4) is 5.75 Å². The van der Waals surface area contributed by atoms with E-state index in [0.29, 0.717) is 29.9 Å². The highest BCUT2D eigenvalue weighted by molar-refractivity contribution is 7.84. The molecule has 42 heavy (non-hydrogen) atoms. The van der Waals surface area contributed by atoms with Crippen molar-refractivity contribution in [3.63, 3.8) is 0 Å². The normalized spacial score (nSPS) is 24.7. The third-order valence-electron chi connectivity index (χ3n) is 9.77. The topological polar surface area (TPSA) is 67.9 Å². The highest BCUT2D eigenvalue weighted by Gasteiger charge is 2.44. The summed E-state index contributed by atoms with van der Waals surface area (Å²) in [5.74, 6) is 2.26. The van der Waals surface area contributed by atoms with Gasteiger partial charge >= 0.3 is 0 Å². The van der Waals surface area contributed by atoms with Gasteiger partial charge in [0, 0.05) is 48.1 Å². The number of benzene rings is 2. The van der Waals surface area contributed by atoms with E-state index in [0.717, 1.165) is 55.4 Å². The number of aryl methyl sites for hydroxylation is 1. The number of nitrogens with zero attached hydrogens (tertiary/aromatic N) is 1. The molecule has 1 saturated carbocycles. The summed E-state index contributed by atoms with van der Waals surface area (Å²) in [5.41, 5.74) is 3.96. The van der Waals surface area contributed by atoms with Gasteiger partial charge in [-0.05, 0) is 112 Å². The van der Waals surface area contributed by atoms with Crippen LogP contribution >= 0.6 is 11.6 Å². The van der Waals surface area contributed by atoms with Crippen LogP contribution in [0.5, 0.6) is 5.75 Å². The van der Waals surface area contributed by atoms with Crippen LogP contribution in [0.3, 0.4) is 0 Å². The predicted octanol–water partition coefficient (Wildman–Crippen LogP) is 7.09. The summed E-state index contributed by atoms with van der Waals surface area (Å²) in [7, 11) is 0.388. The van der Waals surface area contributed by atoms with Gasteiger partial charge in [0.05, 0.1) is 12.3 Å². The molecule has 1 spiro atoms. The third-order valence-corrected chi connectivity index (χ3v) is 11.2. The quantitative estimate of drug-likeness (QED) is 0.293. The van der Waals surface area contributed by atoms with Crippen LogP contribution in [-0.2, 0) is 27.6 Å². The average Bonchev–Trinajstić information content (AvgIpc) is 3.10. The molecule has 1 amide bonds. The van der Waals surface area contributed by atoms with Crippen LogP contribution in [0.2, 0.25) is 5.02 Å². The van der Waals surface area contributed by atoms with Crippen molar-refractivity contribution in [2.24, 2.45) is 17.8 Å². The van der Waals surface area contributed by atoms with E-state index in [1.807, 2.05) is 39.2 Å². The maximum absolute atomic E-state index is 13.1. The minimum Gasteiger partial charge on any atom is -0.490 e. The lowest BCUT2D eigenvalue weighted by Crippen LogP contribution is -2.49. The van der Waals surface area contributed by atoms with Crippen molar-refractivity contribution in [1.29, 1.82) is 0 Å². The lowest BCUT2D eigenvalue weighted by Gasteiger charge is -2.46. The molecule has 3 aliphatic rings. The molecule has 3 unspecified atom stereocenters. The third kappa shape index (κ3) is 6.68. The fourth-order valence-corrected chi connectivity index (χ4v) is 8.08. The van der Waals surface area contributed by atoms with Crippen molar-refractivity contribution in [2.45, 2.75) is 82.8 Å². The molecule has 6 nitrogen and oxygen atoms in total. The molecule has 1 fully saturated rings. The molecule has 0 saturated heterocycles. The van der Waals surface area contributed by atoms with Gasteiger partial charge < -0.3 is 14.4 Å². The van der Waals surface area contributed by atoms with Gasteiger partial charge in [0.1, 0.15) is 16.7 Å². The zero-order chi connectivity index (χ0) is 29.9. The Balaban J connectivity index is 1.49. The molecule has 2 aliphatic carbocycles. The zero-order valence-electron chi connectivity index (χ0n) is 25.6. The van der Waals surface area contributed by atoms with Gasteiger partial charge in [-0.15, -0.1) is 0 Å². The smallest absolute Gasteiger partial charge is 0.263 e. The number of unbranched alkanes of at least 4 members (excludes halogenated alkanes) is 1. The second-order valence-electron chi connectivity index (χ2n) is 12.9. The van der Waals surface area contributed by atoms with Gasteiger partial charge in [-0.1, -0.05) is 37.4 Å². The standard InChI is InChI=1S/C34H47ClN2O4S/c1-5-6-8-27(20-40-4)29-13-10-26(29)19-37-21-34(16-7-9-24-17-28(35)12-14-30(24)34)22-41-32-15-11-25(18-31(32)37)33(38)36-42(39)23(2)3/h11-12,14-15,17-18,23,26-27,29H,5-10,13,16,19-22H2,1-4H3,(H,36,38)/t26?,27-,29?,34-,42?/m0/s1. The van der Waals surface area contributed by atoms with E-state index in [1.54, 1.807) is 6.07 Å². The van der Waals surface area contributed by atoms with Crippen LogP contribution in [0.25, 0.3) is 0 Å². The van der Waals surface area contributed by atoms with Crippen molar-refractivity contribution in [2.75, 3.05) is 38.3 Å². The second kappa shape index (κ2) is 13.7. The molecule has 8 heteroatoms. The number of hydrogen-bond acceptors (Lipinski definition) is 5. The van der Waals surface area contributed by atoms with Gasteiger partial charge in [-0.25, -0.2) is 4.21 Å². The molecule has 230 valence electrons. The summed E-state index contributed by atoms with van der Waals surface area (Å²) in [6, 6.07) is 12.0. The van der Waals surface area contributed by atoms with E-state index >= 15 is 0 Å². The Morgan fingerprint density at radius 1 is 1.24 bits per heavy atom. The number of nitrogens with one attached hydrogen (secondary N) is 1. The fourth-order valence-electron chi connectivity index (χ4n) is 7.35. The van der Waals surface area contributed by atoms with E-state index in [9.17, 15) is 9.00 Å². The largest absolute Gasteiger partial charge is 0.490 e. The summed E-state index contributed by atoms with van der Waals surface area (Å²) in [6.07, 6.45) is 9.26. The zero-order valence-corrected chi connectivity index (χ0v) is 27.2. The monoisotopic (exact) mass is 614 g/mol. The van der Waals surface area contributed by atoms with Crippen LogP contribution in [0.15, 0.2) is 36.4 Å². The highest BCUT2D eigenvalue weighted by atomic mass is 35.5. The van der Waals surface area contributed by atoms with Crippen molar-refractivity contribution >= 4 is 34.2 Å². The Kier molecular flexibility index (Phi) is 10.2. The maximum Gasteiger partial charge on any atom is 0.263 e. The Morgan fingerprint density at radius 2 is 2.07 bits per heavy atom. The fraction of sp³-hybridized carbons (Fsp3) is 0.618. The number of amides is 1. The van der Waals surface area contributed by atoms with Crippen LogP contribution in [-0.4, -0.2) is 48.8 Å². The van der Waals surface area contributed by atoms with Gasteiger partial charge in [-0.3, -0.25) is 9.52 Å². The van der Waals surface area contributed by atoms with Crippen LogP contribution < -0.4 is 14.4 Å². The Hall–Kier alpha value is -2.09. The first-order valence-corrected chi connectivity index (χ1v) is 17.3. The molecule has 1 heterocycles. The maximum atomic E-state index is 13.1. The number of ether oxygens (including phenoxy) is 2. The van der Waals surface area contributed by atoms with Crippen LogP contribution in [0, 0.1) is 17.8 Å². The highest BCUT2D eigenvalue weighted by Crippen LogP contribution is 2.47. The average molecular weight is 615 g/mol. The molecule has 2 aromatic carbocycles. The lowest BCUT2D eigenvalue weighted by atomic mass is 9.65. The molecule has 0 aromatic heterocycles. The molecule has 1 aliphatic heterocycles. The summed E-state index contributed by atoms with van der Waals surface area (Å²) in [4.78, 5) is 15.6. The summed E-state index contributed by atoms with van der Waals surface area (Å²) < 4.78 is 27.4. The van der Waals surface area contributed by atoms with Crippen molar-refractivity contribution in [3.05, 3.63) is 58.1 Å². The van der Waals surface area contributed by atoms with Crippen LogP contribution in [0.1, 0.15) is 87.2 Å². The van der Waals surface area contributed by atoms with Gasteiger partial charge in [0.15, 0.2) is 0 Å². The Bertz CT molecular complexity index is 1290. The minimum atomic E-state index is -1.44. The van der Waals surface area contributed by atoms with E-state index in [4.69, 9.17) is 21.1 Å². The van der Waals surface area contributed by atoms with E-state index in [-0.39, 0.29) is 16.6 Å². The van der Waals surface area contributed by atoms with E-state index < -0.39 is 11.0 Å². The SMILES string of the molecule is CCCC[C@@H](COC)C1CCC1CN1C[C@@]2(CCCc3cc(Cl)ccc32)COc2ccc(C(=O)NS(=O)C(C)C)cc21. The Morgan fingerprint density at radius 3 is 2.79 bits per heavy atom. The van der Waals surface area contributed by atoms with Gasteiger partial charge in [0.25, 0.3) is 5.91 Å². The van der Waals surface area contributed by atoms with E-state index in [2.05, 4.69) is 28.7 Å². The molecule has 0 radical (unpaired) electrons. The number of halogens is 1. The predicted molar refractivity (Wildman–Crippen MR) is 172 cm³/mol. The van der Waals surface area contributed by atoms with Crippen molar-refractivity contribution in [1.82, 2.24) is 4.72 Å². The Labute approximate surface area is 259 Å². The molecule has 5 atom stereocenters.